The van der Waals surface area contributed by atoms with E-state index in [0.29, 0.717) is 28.3 Å². The van der Waals surface area contributed by atoms with E-state index < -0.39 is 10.0 Å². The highest BCUT2D eigenvalue weighted by Gasteiger charge is 2.11. The fraction of sp³-hybridized carbons (Fsp3) is 0.188. The molecule has 0 aromatic heterocycles. The number of hydrogen-bond acceptors (Lipinski definition) is 5. The summed E-state index contributed by atoms with van der Waals surface area (Å²) in [4.78, 5) is 12.3. The third-order valence-corrected chi connectivity index (χ3v) is 3.96. The number of primary sulfonamides is 1. The van der Waals surface area contributed by atoms with Crippen molar-refractivity contribution in [3.8, 4) is 11.5 Å². The minimum absolute atomic E-state index is 0.253. The van der Waals surface area contributed by atoms with Crippen molar-refractivity contribution in [3.63, 3.8) is 0 Å². The smallest absolute Gasteiger partial charge is 0.255 e. The number of rotatable bonds is 6. The van der Waals surface area contributed by atoms with Gasteiger partial charge in [0.1, 0.15) is 0 Å². The minimum Gasteiger partial charge on any atom is -0.493 e. The molecule has 24 heavy (non-hydrogen) atoms. The lowest BCUT2D eigenvalue weighted by molar-refractivity contribution is 0.102. The lowest BCUT2D eigenvalue weighted by Crippen LogP contribution is -2.15. The van der Waals surface area contributed by atoms with E-state index in [1.807, 2.05) is 0 Å². The van der Waals surface area contributed by atoms with Crippen LogP contribution >= 0.6 is 0 Å². The maximum absolute atomic E-state index is 12.3. The molecule has 0 bridgehead atoms. The second kappa shape index (κ2) is 7.33. The van der Waals surface area contributed by atoms with E-state index in [-0.39, 0.29) is 11.7 Å². The molecule has 0 saturated heterocycles. The van der Waals surface area contributed by atoms with Crippen LogP contribution in [0.15, 0.2) is 42.5 Å². The zero-order chi connectivity index (χ0) is 17.7. The highest BCUT2D eigenvalue weighted by molar-refractivity contribution is 7.88. The summed E-state index contributed by atoms with van der Waals surface area (Å²) >= 11 is 0. The average Bonchev–Trinajstić information content (AvgIpc) is 2.54. The Morgan fingerprint density at radius 2 is 1.67 bits per heavy atom. The van der Waals surface area contributed by atoms with Crippen molar-refractivity contribution in [1.82, 2.24) is 0 Å². The Bertz CT molecular complexity index is 832. The van der Waals surface area contributed by atoms with Crippen LogP contribution in [0.4, 0.5) is 5.69 Å². The first-order valence-electron chi connectivity index (χ1n) is 6.95. The molecule has 7 nitrogen and oxygen atoms in total. The number of carbonyl (C=O) groups is 1. The molecular weight excluding hydrogens is 332 g/mol. The molecule has 0 radical (unpaired) electrons. The molecular formula is C16H18N2O5S. The predicted molar refractivity (Wildman–Crippen MR) is 90.8 cm³/mol. The average molecular weight is 350 g/mol. The van der Waals surface area contributed by atoms with Crippen LogP contribution < -0.4 is 19.9 Å². The Balaban J connectivity index is 2.12. The maximum Gasteiger partial charge on any atom is 0.255 e. The number of benzene rings is 2. The molecule has 0 fully saturated rings. The molecule has 1 amide bonds. The summed E-state index contributed by atoms with van der Waals surface area (Å²) in [5.41, 5.74) is 1.48. The number of amides is 1. The SMILES string of the molecule is COc1ccc(C(=O)Nc2ccc(CS(N)(=O)=O)cc2)cc1OC. The molecule has 0 heterocycles. The van der Waals surface area contributed by atoms with Gasteiger partial charge in [0.2, 0.25) is 10.0 Å². The molecule has 3 N–H and O–H groups in total. The number of methoxy groups -OCH3 is 2. The Morgan fingerprint density at radius 3 is 2.21 bits per heavy atom. The first kappa shape index (κ1) is 17.8. The quantitative estimate of drug-likeness (QED) is 0.825. The Labute approximate surface area is 140 Å². The van der Waals surface area contributed by atoms with Gasteiger partial charge in [-0.1, -0.05) is 12.1 Å². The van der Waals surface area contributed by atoms with E-state index >= 15 is 0 Å². The highest BCUT2D eigenvalue weighted by Crippen LogP contribution is 2.27. The van der Waals surface area contributed by atoms with Gasteiger partial charge in [0.25, 0.3) is 5.91 Å². The monoisotopic (exact) mass is 350 g/mol. The number of anilines is 1. The van der Waals surface area contributed by atoms with E-state index in [0.717, 1.165) is 0 Å². The van der Waals surface area contributed by atoms with Crippen molar-refractivity contribution in [1.29, 1.82) is 0 Å². The number of hydrogen-bond donors (Lipinski definition) is 2. The van der Waals surface area contributed by atoms with Gasteiger partial charge in [-0.05, 0) is 35.9 Å². The molecule has 2 rings (SSSR count). The van der Waals surface area contributed by atoms with Gasteiger partial charge in [-0.25, -0.2) is 13.6 Å². The molecule has 128 valence electrons. The second-order valence-electron chi connectivity index (χ2n) is 5.03. The van der Waals surface area contributed by atoms with Gasteiger partial charge in [-0.15, -0.1) is 0 Å². The van der Waals surface area contributed by atoms with Crippen molar-refractivity contribution < 1.29 is 22.7 Å². The van der Waals surface area contributed by atoms with Gasteiger partial charge in [-0.3, -0.25) is 4.79 Å². The molecule has 2 aromatic carbocycles. The van der Waals surface area contributed by atoms with Crippen LogP contribution in [0.3, 0.4) is 0 Å². The Morgan fingerprint density at radius 1 is 1.04 bits per heavy atom. The molecule has 2 aromatic rings. The zero-order valence-electron chi connectivity index (χ0n) is 13.3. The number of carbonyl (C=O) groups excluding carboxylic acids is 1. The van der Waals surface area contributed by atoms with Crippen LogP contribution in [-0.2, 0) is 15.8 Å². The first-order chi connectivity index (χ1) is 11.3. The van der Waals surface area contributed by atoms with Crippen molar-refractivity contribution in [2.45, 2.75) is 5.75 Å². The van der Waals surface area contributed by atoms with E-state index in [4.69, 9.17) is 14.6 Å². The normalized spacial score (nSPS) is 11.0. The number of nitrogens with two attached hydrogens (primary N) is 1. The van der Waals surface area contributed by atoms with Crippen molar-refractivity contribution >= 4 is 21.6 Å². The van der Waals surface area contributed by atoms with Crippen LogP contribution in [0.2, 0.25) is 0 Å². The summed E-state index contributed by atoms with van der Waals surface area (Å²) in [6.45, 7) is 0. The summed E-state index contributed by atoms with van der Waals surface area (Å²) < 4.78 is 32.4. The van der Waals surface area contributed by atoms with E-state index in [2.05, 4.69) is 5.32 Å². The Kier molecular flexibility index (Phi) is 5.42. The van der Waals surface area contributed by atoms with Crippen molar-refractivity contribution in [3.05, 3.63) is 53.6 Å². The topological polar surface area (TPSA) is 108 Å². The molecule has 0 atom stereocenters. The molecule has 0 aliphatic rings. The fourth-order valence-corrected chi connectivity index (χ4v) is 2.75. The summed E-state index contributed by atoms with van der Waals surface area (Å²) in [5.74, 6) is 0.405. The lowest BCUT2D eigenvalue weighted by atomic mass is 10.1. The first-order valence-corrected chi connectivity index (χ1v) is 8.66. The van der Waals surface area contributed by atoms with Gasteiger partial charge < -0.3 is 14.8 Å². The molecule has 0 aliphatic heterocycles. The van der Waals surface area contributed by atoms with Gasteiger partial charge in [0, 0.05) is 11.3 Å². The van der Waals surface area contributed by atoms with Gasteiger partial charge in [0.05, 0.1) is 20.0 Å². The number of sulfonamides is 1. The standard InChI is InChI=1S/C16H18N2O5S/c1-22-14-8-5-12(9-15(14)23-2)16(19)18-13-6-3-11(4-7-13)10-24(17,20)21/h3-9H,10H2,1-2H3,(H,18,19)(H2,17,20,21). The molecule has 0 unspecified atom stereocenters. The van der Waals surface area contributed by atoms with Gasteiger partial charge in [0.15, 0.2) is 11.5 Å². The van der Waals surface area contributed by atoms with Gasteiger partial charge in [-0.2, -0.15) is 0 Å². The van der Waals surface area contributed by atoms with E-state index in [1.165, 1.54) is 14.2 Å². The Hall–Kier alpha value is -2.58. The van der Waals surface area contributed by atoms with E-state index in [9.17, 15) is 13.2 Å². The largest absolute Gasteiger partial charge is 0.493 e. The van der Waals surface area contributed by atoms with Crippen molar-refractivity contribution in [2.75, 3.05) is 19.5 Å². The van der Waals surface area contributed by atoms with Crippen molar-refractivity contribution in [2.24, 2.45) is 5.14 Å². The molecule has 8 heteroatoms. The minimum atomic E-state index is -3.58. The second-order valence-corrected chi connectivity index (χ2v) is 6.64. The van der Waals surface area contributed by atoms with Crippen LogP contribution in [0, 0.1) is 0 Å². The summed E-state index contributed by atoms with van der Waals surface area (Å²) in [5, 5.41) is 7.71. The maximum atomic E-state index is 12.3. The third-order valence-electron chi connectivity index (χ3n) is 3.23. The van der Waals surface area contributed by atoms with E-state index in [1.54, 1.807) is 42.5 Å². The number of ether oxygens (including phenoxy) is 2. The van der Waals surface area contributed by atoms with Crippen LogP contribution in [0.1, 0.15) is 15.9 Å². The molecule has 0 aliphatic carbocycles. The van der Waals surface area contributed by atoms with Crippen LogP contribution in [0.5, 0.6) is 11.5 Å². The van der Waals surface area contributed by atoms with Crippen LogP contribution in [0.25, 0.3) is 0 Å². The fourth-order valence-electron chi connectivity index (χ4n) is 2.10. The number of nitrogens with one attached hydrogen (secondary N) is 1. The lowest BCUT2D eigenvalue weighted by Gasteiger charge is -2.10. The summed E-state index contributed by atoms with van der Waals surface area (Å²) in [6.07, 6.45) is 0. The molecule has 0 saturated carbocycles. The summed E-state index contributed by atoms with van der Waals surface area (Å²) in [6, 6.07) is 11.2. The predicted octanol–water partition coefficient (Wildman–Crippen LogP) is 1.74. The highest BCUT2D eigenvalue weighted by atomic mass is 32.2. The summed E-state index contributed by atoms with van der Waals surface area (Å²) in [7, 11) is -0.579. The third kappa shape index (κ3) is 4.71. The molecule has 0 spiro atoms. The van der Waals surface area contributed by atoms with Crippen LogP contribution in [-0.4, -0.2) is 28.5 Å². The zero-order valence-corrected chi connectivity index (χ0v) is 14.1. The van der Waals surface area contributed by atoms with Gasteiger partial charge >= 0.3 is 0 Å².